The van der Waals surface area contributed by atoms with Crippen molar-refractivity contribution in [3.05, 3.63) is 45.3 Å². The van der Waals surface area contributed by atoms with Gasteiger partial charge in [-0.3, -0.25) is 14.3 Å². The number of aliphatic hydroxyl groups excluding tert-OH is 2. The molecule has 140 valence electrons. The average Bonchev–Trinajstić information content (AvgIpc) is 2.80. The molecule has 4 atom stereocenters. The summed E-state index contributed by atoms with van der Waals surface area (Å²) in [5, 5.41) is 20.6. The minimum absolute atomic E-state index is 0.140. The van der Waals surface area contributed by atoms with Gasteiger partial charge in [0.25, 0.3) is 5.56 Å². The predicted octanol–water partition coefficient (Wildman–Crippen LogP) is 0.374. The number of nitrogens with one attached hydrogen (secondary N) is 1. The van der Waals surface area contributed by atoms with Gasteiger partial charge in [-0.15, -0.1) is 19.8 Å². The van der Waals surface area contributed by atoms with Crippen molar-refractivity contribution in [3.8, 4) is 0 Å². The van der Waals surface area contributed by atoms with Crippen LogP contribution in [-0.2, 0) is 11.3 Å². The molecule has 7 nitrogen and oxygen atoms in total. The minimum Gasteiger partial charge on any atom is -0.388 e. The zero-order chi connectivity index (χ0) is 18.8. The Bertz CT molecular complexity index is 778. The van der Waals surface area contributed by atoms with Gasteiger partial charge in [0.1, 0.15) is 18.3 Å². The van der Waals surface area contributed by atoms with Crippen molar-refractivity contribution in [2.45, 2.75) is 43.8 Å². The largest absolute Gasteiger partial charge is 0.388 e. The number of aromatic nitrogens is 2. The van der Waals surface area contributed by atoms with Crippen molar-refractivity contribution >= 4 is 13.2 Å². The fraction of sp³-hybridized carbons (Fsp3) is 0.588. The summed E-state index contributed by atoms with van der Waals surface area (Å²) in [6.07, 6.45) is 5.30. The Morgan fingerprint density at radius 1 is 1.36 bits per heavy atom. The predicted molar refractivity (Wildman–Crippen MR) is 101 cm³/mol. The van der Waals surface area contributed by atoms with E-state index in [0.29, 0.717) is 19.4 Å². The van der Waals surface area contributed by atoms with Crippen LogP contribution in [0.4, 0.5) is 0 Å². The van der Waals surface area contributed by atoms with Crippen LogP contribution in [0.5, 0.6) is 0 Å². The quantitative estimate of drug-likeness (QED) is 0.475. The summed E-state index contributed by atoms with van der Waals surface area (Å²) in [6, 6.07) is 0. The van der Waals surface area contributed by atoms with E-state index in [1.807, 2.05) is 0 Å². The van der Waals surface area contributed by atoms with Gasteiger partial charge in [0.2, 0.25) is 0 Å². The maximum absolute atomic E-state index is 12.2. The van der Waals surface area contributed by atoms with Crippen LogP contribution in [0, 0.1) is 0 Å². The fourth-order valence-electron chi connectivity index (χ4n) is 2.85. The molecule has 0 amide bonds. The molecule has 1 unspecified atom stereocenters. The fourth-order valence-corrected chi connectivity index (χ4v) is 3.80. The van der Waals surface area contributed by atoms with Gasteiger partial charge in [0, 0.05) is 12.7 Å². The Hall–Kier alpha value is -1.40. The van der Waals surface area contributed by atoms with Crippen LogP contribution in [0.25, 0.3) is 0 Å². The van der Waals surface area contributed by atoms with Crippen LogP contribution in [0.3, 0.4) is 0 Å². The standard InChI is InChI=1S/C17H27N2O5P/c1-5-6-8-19-10-11(16(22)18-17(19)23)15-14(21)13(20)12(24-15)7-9-25(2,3)4/h5,10,12-15,20-21H,1-2,6-9H2,3-4H3,(H,18,22,23)/t12-,13-,14-,15?/m1/s1. The number of rotatable bonds is 7. The molecule has 2 rings (SSSR count). The van der Waals surface area contributed by atoms with Crippen molar-refractivity contribution in [1.82, 2.24) is 9.55 Å². The van der Waals surface area contributed by atoms with E-state index in [-0.39, 0.29) is 5.56 Å². The lowest BCUT2D eigenvalue weighted by Crippen LogP contribution is -2.35. The number of allylic oxidation sites excluding steroid dienone is 1. The van der Waals surface area contributed by atoms with Gasteiger partial charge < -0.3 is 14.9 Å². The SMILES string of the molecule is C=CCCn1cc(C2O[C@H](CCP(=C)(C)C)[C@@H](O)[C@H]2O)c(=O)[nH]c1=O. The third-order valence-electron chi connectivity index (χ3n) is 4.30. The van der Waals surface area contributed by atoms with Gasteiger partial charge >= 0.3 is 5.69 Å². The molecule has 0 aromatic carbocycles. The lowest BCUT2D eigenvalue weighted by Gasteiger charge is -2.18. The third kappa shape index (κ3) is 4.82. The summed E-state index contributed by atoms with van der Waals surface area (Å²) in [4.78, 5) is 26.3. The molecule has 0 saturated carbocycles. The first-order valence-electron chi connectivity index (χ1n) is 8.27. The first kappa shape index (κ1) is 19.9. The molecule has 1 saturated heterocycles. The molecule has 1 fully saturated rings. The van der Waals surface area contributed by atoms with E-state index in [0.717, 1.165) is 6.16 Å². The molecule has 1 aromatic heterocycles. The molecule has 25 heavy (non-hydrogen) atoms. The maximum Gasteiger partial charge on any atom is 0.328 e. The first-order chi connectivity index (χ1) is 11.6. The summed E-state index contributed by atoms with van der Waals surface area (Å²) >= 11 is 0. The third-order valence-corrected chi connectivity index (χ3v) is 5.77. The van der Waals surface area contributed by atoms with Crippen LogP contribution < -0.4 is 11.2 Å². The Kier molecular flexibility index (Phi) is 6.27. The Morgan fingerprint density at radius 3 is 2.64 bits per heavy atom. The van der Waals surface area contributed by atoms with Gasteiger partial charge in [-0.2, -0.15) is 0 Å². The Balaban J connectivity index is 2.26. The monoisotopic (exact) mass is 370 g/mol. The number of aromatic amines is 1. The van der Waals surface area contributed by atoms with Crippen molar-refractivity contribution in [1.29, 1.82) is 0 Å². The number of H-pyrrole nitrogens is 1. The number of nitrogens with zero attached hydrogens (tertiary/aromatic N) is 1. The topological polar surface area (TPSA) is 105 Å². The van der Waals surface area contributed by atoms with Gasteiger partial charge in [-0.25, -0.2) is 4.79 Å². The van der Waals surface area contributed by atoms with Gasteiger partial charge in [-0.05, 0) is 32.3 Å². The Morgan fingerprint density at radius 2 is 2.04 bits per heavy atom. The molecule has 3 N–H and O–H groups in total. The molecule has 1 aliphatic rings. The summed E-state index contributed by atoms with van der Waals surface area (Å²) < 4.78 is 7.13. The summed E-state index contributed by atoms with van der Waals surface area (Å²) in [6.45, 7) is 6.85. The molecule has 1 aromatic rings. The van der Waals surface area contributed by atoms with Crippen LogP contribution >= 0.6 is 6.89 Å². The number of aryl methyl sites for hydroxylation is 1. The van der Waals surface area contributed by atoms with Gasteiger partial charge in [0.15, 0.2) is 0 Å². The molecule has 0 spiro atoms. The molecule has 0 aliphatic carbocycles. The van der Waals surface area contributed by atoms with Crippen molar-refractivity contribution in [2.24, 2.45) is 0 Å². The second-order valence-corrected chi connectivity index (χ2v) is 11.5. The normalized spacial score (nSPS) is 26.7. The highest BCUT2D eigenvalue weighted by Gasteiger charge is 2.44. The second-order valence-electron chi connectivity index (χ2n) is 7.14. The number of ether oxygens (including phenoxy) is 1. The van der Waals surface area contributed by atoms with Crippen LogP contribution in [0.15, 0.2) is 28.4 Å². The highest BCUT2D eigenvalue weighted by atomic mass is 31.2. The minimum atomic E-state index is -1.29. The van der Waals surface area contributed by atoms with E-state index >= 15 is 0 Å². The highest BCUT2D eigenvalue weighted by Crippen LogP contribution is 2.40. The number of aliphatic hydroxyl groups is 2. The van der Waals surface area contributed by atoms with Crippen molar-refractivity contribution in [2.75, 3.05) is 19.5 Å². The van der Waals surface area contributed by atoms with E-state index in [1.54, 1.807) is 6.08 Å². The first-order valence-corrected chi connectivity index (χ1v) is 11.3. The molecule has 8 heteroatoms. The lowest BCUT2D eigenvalue weighted by atomic mass is 10.0. The molecule has 0 radical (unpaired) electrons. The molecular formula is C17H27N2O5P. The highest BCUT2D eigenvalue weighted by molar-refractivity contribution is 7.72. The zero-order valence-corrected chi connectivity index (χ0v) is 15.6. The Labute approximate surface area is 146 Å². The summed E-state index contributed by atoms with van der Waals surface area (Å²) in [5.41, 5.74) is -0.994. The molecule has 0 bridgehead atoms. The lowest BCUT2D eigenvalue weighted by molar-refractivity contribution is 0.00494. The van der Waals surface area contributed by atoms with E-state index in [1.165, 1.54) is 10.8 Å². The zero-order valence-electron chi connectivity index (χ0n) is 14.7. The summed E-state index contributed by atoms with van der Waals surface area (Å²) in [7, 11) is 0. The number of hydrogen-bond acceptors (Lipinski definition) is 5. The molecule has 2 heterocycles. The average molecular weight is 370 g/mol. The summed E-state index contributed by atoms with van der Waals surface area (Å²) in [5.74, 6) is 0. The van der Waals surface area contributed by atoms with Crippen LogP contribution in [-0.4, -0.2) is 63.9 Å². The maximum atomic E-state index is 12.2. The van der Waals surface area contributed by atoms with Crippen LogP contribution in [0.2, 0.25) is 0 Å². The molecular weight excluding hydrogens is 343 g/mol. The second kappa shape index (κ2) is 7.87. The van der Waals surface area contributed by atoms with Gasteiger partial charge in [-0.1, -0.05) is 6.08 Å². The van der Waals surface area contributed by atoms with E-state index in [9.17, 15) is 19.8 Å². The van der Waals surface area contributed by atoms with Crippen LogP contribution in [0.1, 0.15) is 24.5 Å². The van der Waals surface area contributed by atoms with Gasteiger partial charge in [0.05, 0.1) is 11.7 Å². The van der Waals surface area contributed by atoms with E-state index in [4.69, 9.17) is 4.74 Å². The van der Waals surface area contributed by atoms with E-state index in [2.05, 4.69) is 31.2 Å². The van der Waals surface area contributed by atoms with E-state index < -0.39 is 42.6 Å². The van der Waals surface area contributed by atoms with Crippen molar-refractivity contribution in [3.63, 3.8) is 0 Å². The number of hydrogen-bond donors (Lipinski definition) is 3. The van der Waals surface area contributed by atoms with Crippen molar-refractivity contribution < 1.29 is 14.9 Å². The molecule has 1 aliphatic heterocycles. The smallest absolute Gasteiger partial charge is 0.328 e.